The smallest absolute Gasteiger partial charge is 0.323 e. The minimum Gasteiger partial charge on any atom is -0.323 e. The molecule has 1 saturated carbocycles. The molecule has 182 valence electrons. The lowest BCUT2D eigenvalue weighted by molar-refractivity contribution is -0.131. The molecule has 3 amide bonds. The Morgan fingerprint density at radius 3 is 2.34 bits per heavy atom. The maximum absolute atomic E-state index is 13.5. The number of amides is 3. The van der Waals surface area contributed by atoms with E-state index in [9.17, 15) is 19.2 Å². The molecule has 2 aliphatic rings. The number of Topliss-reactive ketones (excluding diaryl/α,β-unsaturated/α-hetero) is 1. The van der Waals surface area contributed by atoms with Crippen LogP contribution in [0.2, 0.25) is 0 Å². The van der Waals surface area contributed by atoms with Crippen molar-refractivity contribution in [3.05, 3.63) is 69.4 Å². The van der Waals surface area contributed by atoms with Gasteiger partial charge in [-0.15, -0.1) is 0 Å². The van der Waals surface area contributed by atoms with Gasteiger partial charge in [-0.1, -0.05) is 18.2 Å². The van der Waals surface area contributed by atoms with Crippen molar-refractivity contribution >= 4 is 17.7 Å². The number of carbonyl (C=O) groups excluding carboxylic acids is 3. The number of ketones is 1. The second-order valence-electron chi connectivity index (χ2n) is 9.75. The standard InChI is InChI=1S/C26H29N5O4/c1-15-13-20(21(32)14-29-24(34)26(4,18-11-12-18)27-25(29)35)16(2)30(15)22-17(3)28(5)31(23(22)33)19-9-7-6-8-10-19/h6-10,13,18H,11-12,14H2,1-5H3,(H,27,35). The van der Waals surface area contributed by atoms with E-state index in [1.165, 1.54) is 0 Å². The van der Waals surface area contributed by atoms with Gasteiger partial charge < -0.3 is 9.88 Å². The molecule has 1 saturated heterocycles. The lowest BCUT2D eigenvalue weighted by Crippen LogP contribution is -2.46. The summed E-state index contributed by atoms with van der Waals surface area (Å²) >= 11 is 0. The Labute approximate surface area is 202 Å². The number of rotatable bonds is 6. The number of aromatic nitrogens is 3. The largest absolute Gasteiger partial charge is 0.325 e. The molecule has 2 aromatic heterocycles. The molecule has 2 fully saturated rings. The quantitative estimate of drug-likeness (QED) is 0.438. The van der Waals surface area contributed by atoms with E-state index < -0.39 is 11.6 Å². The molecular formula is C26H29N5O4. The maximum atomic E-state index is 13.5. The third-order valence-electron chi connectivity index (χ3n) is 7.48. The Kier molecular flexibility index (Phi) is 5.12. The SMILES string of the molecule is Cc1cc(C(=O)CN2C(=O)NC(C)(C3CC3)C2=O)c(C)n1-c1c(C)n(C)n(-c2ccccc2)c1=O. The minimum atomic E-state index is -0.933. The molecule has 0 bridgehead atoms. The third-order valence-corrected chi connectivity index (χ3v) is 7.48. The van der Waals surface area contributed by atoms with Crippen molar-refractivity contribution < 1.29 is 14.4 Å². The minimum absolute atomic E-state index is 0.122. The van der Waals surface area contributed by atoms with Gasteiger partial charge in [-0.05, 0) is 64.7 Å². The predicted molar refractivity (Wildman–Crippen MR) is 130 cm³/mol. The van der Waals surface area contributed by atoms with Crippen LogP contribution in [0.15, 0.2) is 41.2 Å². The summed E-state index contributed by atoms with van der Waals surface area (Å²) in [5, 5.41) is 2.78. The first-order chi connectivity index (χ1) is 16.6. The van der Waals surface area contributed by atoms with Crippen LogP contribution >= 0.6 is 0 Å². The van der Waals surface area contributed by atoms with Crippen LogP contribution in [0.4, 0.5) is 4.79 Å². The lowest BCUT2D eigenvalue weighted by atomic mass is 9.96. The highest BCUT2D eigenvalue weighted by Crippen LogP contribution is 2.42. The van der Waals surface area contributed by atoms with Gasteiger partial charge in [0.25, 0.3) is 11.5 Å². The van der Waals surface area contributed by atoms with Crippen LogP contribution in [0.25, 0.3) is 11.4 Å². The number of nitrogens with one attached hydrogen (secondary N) is 1. The van der Waals surface area contributed by atoms with Crippen molar-refractivity contribution in [2.75, 3.05) is 6.54 Å². The fourth-order valence-electron chi connectivity index (χ4n) is 5.23. The van der Waals surface area contributed by atoms with E-state index in [4.69, 9.17) is 0 Å². The van der Waals surface area contributed by atoms with E-state index in [0.29, 0.717) is 16.9 Å². The molecule has 3 aromatic rings. The number of hydrogen-bond acceptors (Lipinski definition) is 4. The Morgan fingerprint density at radius 2 is 1.71 bits per heavy atom. The molecule has 1 aliphatic heterocycles. The molecule has 1 atom stereocenters. The third kappa shape index (κ3) is 3.37. The van der Waals surface area contributed by atoms with Crippen molar-refractivity contribution in [3.8, 4) is 11.4 Å². The molecule has 3 heterocycles. The van der Waals surface area contributed by atoms with Gasteiger partial charge in [0.2, 0.25) is 0 Å². The van der Waals surface area contributed by atoms with Crippen LogP contribution in [0.1, 0.15) is 47.2 Å². The van der Waals surface area contributed by atoms with Crippen LogP contribution in [-0.2, 0) is 11.8 Å². The number of nitrogens with zero attached hydrogens (tertiary/aromatic N) is 4. The molecule has 9 heteroatoms. The highest BCUT2D eigenvalue weighted by atomic mass is 16.2. The van der Waals surface area contributed by atoms with E-state index >= 15 is 0 Å². The summed E-state index contributed by atoms with van der Waals surface area (Å²) in [6.07, 6.45) is 1.78. The van der Waals surface area contributed by atoms with Crippen LogP contribution in [-0.4, -0.2) is 48.6 Å². The molecule has 1 unspecified atom stereocenters. The highest BCUT2D eigenvalue weighted by Gasteiger charge is 2.56. The number of imide groups is 1. The molecule has 0 spiro atoms. The van der Waals surface area contributed by atoms with E-state index in [1.54, 1.807) is 33.8 Å². The Bertz CT molecular complexity index is 1440. The number of carbonyl (C=O) groups is 3. The van der Waals surface area contributed by atoms with E-state index in [0.717, 1.165) is 34.8 Å². The Morgan fingerprint density at radius 1 is 1.06 bits per heavy atom. The first-order valence-electron chi connectivity index (χ1n) is 11.8. The van der Waals surface area contributed by atoms with Gasteiger partial charge in [0.15, 0.2) is 5.78 Å². The monoisotopic (exact) mass is 475 g/mol. The van der Waals surface area contributed by atoms with Crippen molar-refractivity contribution in [3.63, 3.8) is 0 Å². The molecule has 1 aliphatic carbocycles. The van der Waals surface area contributed by atoms with Crippen molar-refractivity contribution in [2.24, 2.45) is 13.0 Å². The molecule has 35 heavy (non-hydrogen) atoms. The summed E-state index contributed by atoms with van der Waals surface area (Å²) in [5.74, 6) is -0.571. The van der Waals surface area contributed by atoms with Crippen molar-refractivity contribution in [1.29, 1.82) is 0 Å². The van der Waals surface area contributed by atoms with E-state index in [2.05, 4.69) is 5.32 Å². The number of hydrogen-bond donors (Lipinski definition) is 1. The van der Waals surface area contributed by atoms with Crippen LogP contribution in [0.3, 0.4) is 0 Å². The number of para-hydroxylation sites is 1. The first kappa shape index (κ1) is 22.9. The maximum Gasteiger partial charge on any atom is 0.325 e. The summed E-state index contributed by atoms with van der Waals surface area (Å²) < 4.78 is 5.17. The second kappa shape index (κ2) is 7.83. The Balaban J connectivity index is 1.50. The van der Waals surface area contributed by atoms with E-state index in [-0.39, 0.29) is 29.7 Å². The van der Waals surface area contributed by atoms with Gasteiger partial charge >= 0.3 is 6.03 Å². The first-order valence-corrected chi connectivity index (χ1v) is 11.8. The summed E-state index contributed by atoms with van der Waals surface area (Å²) in [4.78, 5) is 53.3. The van der Waals surface area contributed by atoms with Gasteiger partial charge in [0, 0.05) is 24.0 Å². The highest BCUT2D eigenvalue weighted by molar-refractivity contribution is 6.11. The topological polar surface area (TPSA) is 98.3 Å². The van der Waals surface area contributed by atoms with Gasteiger partial charge in [0.05, 0.1) is 17.9 Å². The summed E-state index contributed by atoms with van der Waals surface area (Å²) in [6.45, 7) is 6.87. The zero-order valence-corrected chi connectivity index (χ0v) is 20.6. The second-order valence-corrected chi connectivity index (χ2v) is 9.75. The van der Waals surface area contributed by atoms with Gasteiger partial charge in [-0.3, -0.25) is 24.0 Å². The average molecular weight is 476 g/mol. The average Bonchev–Trinajstić information content (AvgIpc) is 3.57. The normalized spacial score (nSPS) is 20.0. The zero-order valence-electron chi connectivity index (χ0n) is 20.6. The van der Waals surface area contributed by atoms with Crippen LogP contribution < -0.4 is 10.9 Å². The zero-order chi connectivity index (χ0) is 25.2. The molecule has 9 nitrogen and oxygen atoms in total. The molecule has 1 aromatic carbocycles. The van der Waals surface area contributed by atoms with Crippen molar-refractivity contribution in [1.82, 2.24) is 24.1 Å². The van der Waals surface area contributed by atoms with Crippen molar-refractivity contribution in [2.45, 2.75) is 46.1 Å². The summed E-state index contributed by atoms with van der Waals surface area (Å²) in [6, 6.07) is 10.5. The molecule has 5 rings (SSSR count). The predicted octanol–water partition coefficient (Wildman–Crippen LogP) is 2.80. The summed E-state index contributed by atoms with van der Waals surface area (Å²) in [7, 11) is 1.82. The molecule has 1 N–H and O–H groups in total. The number of benzene rings is 1. The molecule has 0 radical (unpaired) electrons. The Hall–Kier alpha value is -3.88. The van der Waals surface area contributed by atoms with E-state index in [1.807, 2.05) is 51.2 Å². The van der Waals surface area contributed by atoms with Gasteiger partial charge in [-0.2, -0.15) is 0 Å². The van der Waals surface area contributed by atoms with Gasteiger partial charge in [-0.25, -0.2) is 9.48 Å². The fourth-order valence-corrected chi connectivity index (χ4v) is 5.23. The lowest BCUT2D eigenvalue weighted by Gasteiger charge is -2.20. The fraction of sp³-hybridized carbons (Fsp3) is 0.385. The van der Waals surface area contributed by atoms with Gasteiger partial charge in [0.1, 0.15) is 11.2 Å². The molecular weight excluding hydrogens is 446 g/mol. The number of urea groups is 1. The number of aryl methyl sites for hydroxylation is 1. The van der Waals surface area contributed by atoms with Crippen LogP contribution in [0, 0.1) is 26.7 Å². The van der Waals surface area contributed by atoms with Crippen LogP contribution in [0.5, 0.6) is 0 Å². The summed E-state index contributed by atoms with van der Waals surface area (Å²) in [5.41, 5.74) is 2.51.